The van der Waals surface area contributed by atoms with Gasteiger partial charge in [-0.25, -0.2) is 4.98 Å². The Morgan fingerprint density at radius 3 is 2.68 bits per heavy atom. The molecule has 2 aromatic rings. The molecule has 0 spiro atoms. The summed E-state index contributed by atoms with van der Waals surface area (Å²) < 4.78 is 5.11. The molecule has 1 aliphatic rings. The normalized spacial score (nSPS) is 19.2. The highest BCUT2D eigenvalue weighted by Gasteiger charge is 2.32. The molecule has 1 amide bonds. The van der Waals surface area contributed by atoms with Crippen molar-refractivity contribution in [2.45, 2.75) is 52.5 Å². The molecule has 3 heterocycles. The molecule has 0 aliphatic carbocycles. The Labute approximate surface area is 133 Å². The van der Waals surface area contributed by atoms with Gasteiger partial charge >= 0.3 is 0 Å². The number of aromatic nitrogens is 3. The second-order valence-corrected chi connectivity index (χ2v) is 6.89. The summed E-state index contributed by atoms with van der Waals surface area (Å²) in [5.74, 6) is 1.19. The van der Waals surface area contributed by atoms with Crippen LogP contribution < -0.4 is 0 Å². The minimum Gasteiger partial charge on any atom is -0.340 e. The first kappa shape index (κ1) is 15.1. The summed E-state index contributed by atoms with van der Waals surface area (Å²) in [4.78, 5) is 24.3. The number of nitrogens with zero attached hydrogens (tertiary/aromatic N) is 4. The molecule has 7 heteroatoms. The number of amides is 1. The molecule has 1 aliphatic heterocycles. The van der Waals surface area contributed by atoms with Crippen LogP contribution in [0.5, 0.6) is 0 Å². The SMILES string of the molecule is Cc1nc(C2CCCCCN2C(=O)c2sc(C)nc2C)no1. The van der Waals surface area contributed by atoms with Crippen LogP contribution in [0.15, 0.2) is 4.52 Å². The zero-order valence-electron chi connectivity index (χ0n) is 13.1. The summed E-state index contributed by atoms with van der Waals surface area (Å²) >= 11 is 1.46. The van der Waals surface area contributed by atoms with E-state index >= 15 is 0 Å². The minimum absolute atomic E-state index is 0.0393. The van der Waals surface area contributed by atoms with Crippen molar-refractivity contribution in [3.8, 4) is 0 Å². The second kappa shape index (κ2) is 6.16. The molecule has 22 heavy (non-hydrogen) atoms. The Morgan fingerprint density at radius 2 is 2.05 bits per heavy atom. The van der Waals surface area contributed by atoms with E-state index in [1.165, 1.54) is 11.3 Å². The molecular weight excluding hydrogens is 300 g/mol. The van der Waals surface area contributed by atoms with E-state index in [1.807, 2.05) is 18.7 Å². The molecule has 1 atom stereocenters. The zero-order chi connectivity index (χ0) is 15.7. The van der Waals surface area contributed by atoms with Crippen molar-refractivity contribution in [1.29, 1.82) is 0 Å². The maximum atomic E-state index is 13.0. The fraction of sp³-hybridized carbons (Fsp3) is 0.600. The van der Waals surface area contributed by atoms with Crippen molar-refractivity contribution in [2.24, 2.45) is 0 Å². The maximum absolute atomic E-state index is 13.0. The van der Waals surface area contributed by atoms with Crippen LogP contribution >= 0.6 is 11.3 Å². The van der Waals surface area contributed by atoms with Crippen LogP contribution in [-0.2, 0) is 0 Å². The molecule has 3 rings (SSSR count). The van der Waals surface area contributed by atoms with Gasteiger partial charge in [-0.05, 0) is 26.7 Å². The average Bonchev–Trinajstić information content (AvgIpc) is 2.95. The van der Waals surface area contributed by atoms with Gasteiger partial charge in [0, 0.05) is 13.5 Å². The summed E-state index contributed by atoms with van der Waals surface area (Å²) in [5.41, 5.74) is 0.805. The molecular formula is C15H20N4O2S. The molecule has 0 radical (unpaired) electrons. The number of carbonyl (C=O) groups excluding carboxylic acids is 1. The lowest BCUT2D eigenvalue weighted by molar-refractivity contribution is 0.0674. The van der Waals surface area contributed by atoms with Crippen LogP contribution in [0.1, 0.15) is 63.8 Å². The van der Waals surface area contributed by atoms with E-state index in [2.05, 4.69) is 15.1 Å². The van der Waals surface area contributed by atoms with Crippen LogP contribution in [-0.4, -0.2) is 32.5 Å². The topological polar surface area (TPSA) is 72.1 Å². The third-order valence-electron chi connectivity index (χ3n) is 3.95. The lowest BCUT2D eigenvalue weighted by Gasteiger charge is -2.27. The molecule has 1 unspecified atom stereocenters. The van der Waals surface area contributed by atoms with Crippen LogP contribution in [0.25, 0.3) is 0 Å². The number of hydrogen-bond donors (Lipinski definition) is 0. The van der Waals surface area contributed by atoms with Gasteiger partial charge in [-0.1, -0.05) is 18.0 Å². The van der Waals surface area contributed by atoms with Crippen LogP contribution in [0.4, 0.5) is 0 Å². The second-order valence-electron chi connectivity index (χ2n) is 5.68. The van der Waals surface area contributed by atoms with Crippen molar-refractivity contribution in [3.63, 3.8) is 0 Å². The standard InChI is InChI=1S/C15H20N4O2S/c1-9-13(22-11(3)16-9)15(20)19-8-6-4-5-7-12(19)14-17-10(2)21-18-14/h12H,4-8H2,1-3H3. The smallest absolute Gasteiger partial charge is 0.266 e. The van der Waals surface area contributed by atoms with Crippen LogP contribution in [0.2, 0.25) is 0 Å². The van der Waals surface area contributed by atoms with Crippen molar-refractivity contribution >= 4 is 17.2 Å². The number of thiazole rings is 1. The van der Waals surface area contributed by atoms with Gasteiger partial charge in [-0.15, -0.1) is 11.3 Å². The Balaban J connectivity index is 1.93. The van der Waals surface area contributed by atoms with Gasteiger partial charge in [0.05, 0.1) is 16.7 Å². The highest BCUT2D eigenvalue weighted by molar-refractivity contribution is 7.13. The molecule has 0 bridgehead atoms. The van der Waals surface area contributed by atoms with Gasteiger partial charge in [-0.2, -0.15) is 4.98 Å². The van der Waals surface area contributed by atoms with Crippen molar-refractivity contribution < 1.29 is 9.32 Å². The van der Waals surface area contributed by atoms with Crippen molar-refractivity contribution in [2.75, 3.05) is 6.54 Å². The minimum atomic E-state index is -0.103. The van der Waals surface area contributed by atoms with Gasteiger partial charge < -0.3 is 9.42 Å². The van der Waals surface area contributed by atoms with Crippen LogP contribution in [0.3, 0.4) is 0 Å². The van der Waals surface area contributed by atoms with Crippen molar-refractivity contribution in [1.82, 2.24) is 20.0 Å². The Hall–Kier alpha value is -1.76. The molecule has 118 valence electrons. The monoisotopic (exact) mass is 320 g/mol. The average molecular weight is 320 g/mol. The third-order valence-corrected chi connectivity index (χ3v) is 5.01. The van der Waals surface area contributed by atoms with Crippen molar-refractivity contribution in [3.05, 3.63) is 27.3 Å². The van der Waals surface area contributed by atoms with Crippen LogP contribution in [0, 0.1) is 20.8 Å². The Kier molecular flexibility index (Phi) is 4.24. The Morgan fingerprint density at radius 1 is 1.23 bits per heavy atom. The van der Waals surface area contributed by atoms with E-state index in [0.717, 1.165) is 47.8 Å². The first-order chi connectivity index (χ1) is 10.6. The van der Waals surface area contributed by atoms with Gasteiger partial charge in [0.2, 0.25) is 5.89 Å². The molecule has 0 saturated carbocycles. The summed E-state index contributed by atoms with van der Waals surface area (Å²) in [6.45, 7) is 6.32. The van der Waals surface area contributed by atoms with E-state index in [0.29, 0.717) is 11.7 Å². The number of likely N-dealkylation sites (tertiary alicyclic amines) is 1. The predicted octanol–water partition coefficient (Wildman–Crippen LogP) is 3.21. The maximum Gasteiger partial charge on any atom is 0.266 e. The number of hydrogen-bond acceptors (Lipinski definition) is 6. The molecule has 2 aromatic heterocycles. The third kappa shape index (κ3) is 2.90. The highest BCUT2D eigenvalue weighted by atomic mass is 32.1. The largest absolute Gasteiger partial charge is 0.340 e. The highest BCUT2D eigenvalue weighted by Crippen LogP contribution is 2.31. The fourth-order valence-electron chi connectivity index (χ4n) is 2.93. The summed E-state index contributed by atoms with van der Waals surface area (Å²) in [5, 5.41) is 4.96. The first-order valence-electron chi connectivity index (χ1n) is 7.61. The van der Waals surface area contributed by atoms with E-state index < -0.39 is 0 Å². The Bertz CT molecular complexity index is 679. The van der Waals surface area contributed by atoms with Gasteiger partial charge in [0.25, 0.3) is 5.91 Å². The lowest BCUT2D eigenvalue weighted by atomic mass is 10.1. The number of carbonyl (C=O) groups is 1. The van der Waals surface area contributed by atoms with E-state index in [-0.39, 0.29) is 11.9 Å². The molecule has 6 nitrogen and oxygen atoms in total. The van der Waals surface area contributed by atoms with E-state index in [1.54, 1.807) is 6.92 Å². The summed E-state index contributed by atoms with van der Waals surface area (Å²) in [6, 6.07) is -0.103. The fourth-order valence-corrected chi connectivity index (χ4v) is 3.81. The first-order valence-corrected chi connectivity index (χ1v) is 8.43. The predicted molar refractivity (Wildman–Crippen MR) is 82.9 cm³/mol. The quantitative estimate of drug-likeness (QED) is 0.849. The van der Waals surface area contributed by atoms with E-state index in [4.69, 9.17) is 4.52 Å². The molecule has 1 fully saturated rings. The van der Waals surface area contributed by atoms with E-state index in [9.17, 15) is 4.79 Å². The van der Waals surface area contributed by atoms with Gasteiger partial charge in [0.15, 0.2) is 5.82 Å². The lowest BCUT2D eigenvalue weighted by Crippen LogP contribution is -2.35. The van der Waals surface area contributed by atoms with Gasteiger partial charge in [-0.3, -0.25) is 4.79 Å². The molecule has 0 N–H and O–H groups in total. The summed E-state index contributed by atoms with van der Waals surface area (Å²) in [6.07, 6.45) is 4.08. The zero-order valence-corrected chi connectivity index (χ0v) is 13.9. The molecule has 0 aromatic carbocycles. The molecule has 1 saturated heterocycles. The number of aryl methyl sites for hydroxylation is 3. The van der Waals surface area contributed by atoms with Gasteiger partial charge in [0.1, 0.15) is 4.88 Å². The number of rotatable bonds is 2. The summed E-state index contributed by atoms with van der Waals surface area (Å²) in [7, 11) is 0.